The van der Waals surface area contributed by atoms with Gasteiger partial charge in [0.15, 0.2) is 5.76 Å². The predicted octanol–water partition coefficient (Wildman–Crippen LogP) is 3.84. The minimum Gasteiger partial charge on any atom is -0.458 e. The first-order valence-corrected chi connectivity index (χ1v) is 5.69. The third kappa shape index (κ3) is 1.98. The number of halogens is 1. The lowest BCUT2D eigenvalue weighted by molar-refractivity contribution is 0.101. The van der Waals surface area contributed by atoms with E-state index < -0.39 is 0 Å². The van der Waals surface area contributed by atoms with Crippen molar-refractivity contribution in [2.24, 2.45) is 0 Å². The maximum atomic E-state index is 11.9. The molecule has 2 heterocycles. The fourth-order valence-corrected chi connectivity index (χ4v) is 2.12. The molecule has 0 aliphatic heterocycles. The zero-order chi connectivity index (χ0) is 11.0. The molecule has 0 unspecified atom stereocenters. The number of rotatable bonds is 2. The van der Waals surface area contributed by atoms with Gasteiger partial charge in [0.2, 0.25) is 5.78 Å². The van der Waals surface area contributed by atoms with Crippen LogP contribution in [0, 0.1) is 13.8 Å². The van der Waals surface area contributed by atoms with Crippen LogP contribution in [-0.2, 0) is 0 Å². The molecule has 0 aliphatic carbocycles. The molecule has 2 nitrogen and oxygen atoms in total. The van der Waals surface area contributed by atoms with Gasteiger partial charge in [-0.15, -0.1) is 11.3 Å². The van der Waals surface area contributed by atoms with Gasteiger partial charge in [-0.25, -0.2) is 0 Å². The Morgan fingerprint density at radius 3 is 2.60 bits per heavy atom. The van der Waals surface area contributed by atoms with Gasteiger partial charge >= 0.3 is 0 Å². The smallest absolute Gasteiger partial charge is 0.229 e. The van der Waals surface area contributed by atoms with Crippen LogP contribution in [0.1, 0.15) is 27.4 Å². The molecule has 0 saturated carbocycles. The summed E-state index contributed by atoms with van der Waals surface area (Å²) in [5.41, 5.74) is 1.57. The molecule has 78 valence electrons. The summed E-state index contributed by atoms with van der Waals surface area (Å²) in [6.45, 7) is 3.75. The van der Waals surface area contributed by atoms with Crippen molar-refractivity contribution >= 4 is 28.7 Å². The van der Waals surface area contributed by atoms with Gasteiger partial charge < -0.3 is 4.42 Å². The Labute approximate surface area is 96.5 Å². The summed E-state index contributed by atoms with van der Waals surface area (Å²) < 4.78 is 5.96. The number of carbonyl (C=O) groups excluding carboxylic acids is 1. The van der Waals surface area contributed by atoms with Gasteiger partial charge in [0.1, 0.15) is 5.76 Å². The number of thiophene rings is 1. The van der Waals surface area contributed by atoms with Crippen molar-refractivity contribution in [3.8, 4) is 0 Å². The third-order valence-electron chi connectivity index (χ3n) is 2.22. The fraction of sp³-hybridized carbons (Fsp3) is 0.182. The van der Waals surface area contributed by atoms with Crippen LogP contribution in [0.3, 0.4) is 0 Å². The summed E-state index contributed by atoms with van der Waals surface area (Å²) in [5, 5.41) is 1.73. The second kappa shape index (κ2) is 3.83. The molecule has 0 radical (unpaired) electrons. The van der Waals surface area contributed by atoms with Crippen LogP contribution in [0.25, 0.3) is 0 Å². The highest BCUT2D eigenvalue weighted by Crippen LogP contribution is 2.23. The molecule has 0 saturated heterocycles. The van der Waals surface area contributed by atoms with E-state index in [1.807, 2.05) is 13.8 Å². The van der Waals surface area contributed by atoms with E-state index >= 15 is 0 Å². The molecule has 0 amide bonds. The molecule has 0 atom stereocenters. The van der Waals surface area contributed by atoms with Crippen LogP contribution < -0.4 is 0 Å². The number of carbonyl (C=O) groups is 1. The van der Waals surface area contributed by atoms with E-state index in [1.54, 1.807) is 17.5 Å². The molecule has 0 spiro atoms. The van der Waals surface area contributed by atoms with Crippen molar-refractivity contribution in [1.82, 2.24) is 0 Å². The molecule has 0 aromatic carbocycles. The van der Waals surface area contributed by atoms with E-state index in [1.165, 1.54) is 11.3 Å². The lowest BCUT2D eigenvalue weighted by atomic mass is 10.1. The second-order valence-corrected chi connectivity index (χ2v) is 4.86. The first-order chi connectivity index (χ1) is 7.08. The molecular weight excluding hydrogens is 232 g/mol. The predicted molar refractivity (Wildman–Crippen MR) is 60.9 cm³/mol. The molecule has 0 bridgehead atoms. The second-order valence-electron chi connectivity index (χ2n) is 3.32. The summed E-state index contributed by atoms with van der Waals surface area (Å²) in [5.74, 6) is 1.04. The molecule has 2 rings (SSSR count). The largest absolute Gasteiger partial charge is 0.458 e. The standard InChI is InChI=1S/C11H9ClO2S/c1-6-3-9(14-7(6)2)11(13)8-4-10(12)15-5-8/h3-5H,1-2H3. The quantitative estimate of drug-likeness (QED) is 0.747. The van der Waals surface area contributed by atoms with Crippen LogP contribution in [0.15, 0.2) is 21.9 Å². The summed E-state index contributed by atoms with van der Waals surface area (Å²) in [4.78, 5) is 11.9. The molecular formula is C11H9ClO2S. The summed E-state index contributed by atoms with van der Waals surface area (Å²) in [6.07, 6.45) is 0. The maximum Gasteiger partial charge on any atom is 0.229 e. The molecule has 0 fully saturated rings. The van der Waals surface area contributed by atoms with Crippen molar-refractivity contribution in [1.29, 1.82) is 0 Å². The summed E-state index contributed by atoms with van der Waals surface area (Å²) in [6, 6.07) is 3.41. The Balaban J connectivity index is 2.36. The van der Waals surface area contributed by atoms with Gasteiger partial charge in [-0.05, 0) is 31.5 Å². The monoisotopic (exact) mass is 240 g/mol. The Morgan fingerprint density at radius 1 is 1.40 bits per heavy atom. The Bertz CT molecular complexity index is 491. The number of furan rings is 1. The summed E-state index contributed by atoms with van der Waals surface area (Å²) in [7, 11) is 0. The van der Waals surface area contributed by atoms with Gasteiger partial charge in [-0.2, -0.15) is 0 Å². The number of hydrogen-bond donors (Lipinski definition) is 0. The van der Waals surface area contributed by atoms with Gasteiger partial charge in [0.25, 0.3) is 0 Å². The van der Waals surface area contributed by atoms with E-state index in [-0.39, 0.29) is 5.78 Å². The molecule has 0 aliphatic rings. The van der Waals surface area contributed by atoms with Crippen LogP contribution in [-0.4, -0.2) is 5.78 Å². The molecule has 2 aromatic heterocycles. The minimum atomic E-state index is -0.116. The van der Waals surface area contributed by atoms with E-state index in [9.17, 15) is 4.79 Å². The van der Waals surface area contributed by atoms with Crippen molar-refractivity contribution in [2.75, 3.05) is 0 Å². The van der Waals surface area contributed by atoms with E-state index in [2.05, 4.69) is 0 Å². The highest BCUT2D eigenvalue weighted by Gasteiger charge is 2.15. The normalized spacial score (nSPS) is 10.6. The summed E-state index contributed by atoms with van der Waals surface area (Å²) >= 11 is 7.11. The highest BCUT2D eigenvalue weighted by atomic mass is 35.5. The van der Waals surface area contributed by atoms with E-state index in [0.717, 1.165) is 11.3 Å². The SMILES string of the molecule is Cc1cc(C(=O)c2csc(Cl)c2)oc1C. The van der Waals surface area contributed by atoms with Gasteiger partial charge in [0.05, 0.1) is 4.34 Å². The Kier molecular flexibility index (Phi) is 2.67. The Hall–Kier alpha value is -1.06. The van der Waals surface area contributed by atoms with Crippen molar-refractivity contribution in [3.63, 3.8) is 0 Å². The first kappa shape index (κ1) is 10.5. The minimum absolute atomic E-state index is 0.116. The molecule has 4 heteroatoms. The molecule has 2 aromatic rings. The average molecular weight is 241 g/mol. The first-order valence-electron chi connectivity index (χ1n) is 4.43. The van der Waals surface area contributed by atoms with Crippen LogP contribution >= 0.6 is 22.9 Å². The van der Waals surface area contributed by atoms with Gasteiger partial charge in [-0.3, -0.25) is 4.79 Å². The average Bonchev–Trinajstić information content (AvgIpc) is 2.74. The van der Waals surface area contributed by atoms with E-state index in [0.29, 0.717) is 15.7 Å². The number of hydrogen-bond acceptors (Lipinski definition) is 3. The topological polar surface area (TPSA) is 30.2 Å². The number of ketones is 1. The van der Waals surface area contributed by atoms with E-state index in [4.69, 9.17) is 16.0 Å². The van der Waals surface area contributed by atoms with Crippen molar-refractivity contribution < 1.29 is 9.21 Å². The van der Waals surface area contributed by atoms with Gasteiger partial charge in [0, 0.05) is 10.9 Å². The Morgan fingerprint density at radius 2 is 2.13 bits per heavy atom. The number of aryl methyl sites for hydroxylation is 2. The van der Waals surface area contributed by atoms with Crippen LogP contribution in [0.2, 0.25) is 4.34 Å². The zero-order valence-electron chi connectivity index (χ0n) is 8.33. The maximum absolute atomic E-state index is 11.9. The molecule has 15 heavy (non-hydrogen) atoms. The van der Waals surface area contributed by atoms with Crippen molar-refractivity contribution in [2.45, 2.75) is 13.8 Å². The third-order valence-corrected chi connectivity index (χ3v) is 3.31. The van der Waals surface area contributed by atoms with Crippen LogP contribution in [0.5, 0.6) is 0 Å². The highest BCUT2D eigenvalue weighted by molar-refractivity contribution is 7.14. The van der Waals surface area contributed by atoms with Crippen LogP contribution in [0.4, 0.5) is 0 Å². The van der Waals surface area contributed by atoms with Crippen molar-refractivity contribution in [3.05, 3.63) is 44.5 Å². The van der Waals surface area contributed by atoms with Gasteiger partial charge in [-0.1, -0.05) is 11.6 Å². The fourth-order valence-electron chi connectivity index (χ4n) is 1.26. The lowest BCUT2D eigenvalue weighted by Crippen LogP contribution is -1.96. The lowest BCUT2D eigenvalue weighted by Gasteiger charge is -1.91. The molecule has 0 N–H and O–H groups in total. The zero-order valence-corrected chi connectivity index (χ0v) is 9.91.